The van der Waals surface area contributed by atoms with Crippen LogP contribution in [0.25, 0.3) is 0 Å². The van der Waals surface area contributed by atoms with Crippen molar-refractivity contribution in [3.05, 3.63) is 58.1 Å². The molecule has 1 aliphatic rings. The number of alkyl halides is 1. The van der Waals surface area contributed by atoms with Gasteiger partial charge in [0.1, 0.15) is 0 Å². The van der Waals surface area contributed by atoms with Crippen molar-refractivity contribution in [1.82, 2.24) is 5.32 Å². The Morgan fingerprint density at radius 1 is 1.33 bits per heavy atom. The summed E-state index contributed by atoms with van der Waals surface area (Å²) < 4.78 is 0. The van der Waals surface area contributed by atoms with Gasteiger partial charge in [-0.15, -0.1) is 11.6 Å². The van der Waals surface area contributed by atoms with Crippen molar-refractivity contribution in [3.8, 4) is 0 Å². The Labute approximate surface area is 139 Å². The van der Waals surface area contributed by atoms with E-state index >= 15 is 0 Å². The quantitative estimate of drug-likeness (QED) is 0.806. The van der Waals surface area contributed by atoms with Gasteiger partial charge in [0, 0.05) is 12.0 Å². The lowest BCUT2D eigenvalue weighted by molar-refractivity contribution is -0.120. The lowest BCUT2D eigenvalue weighted by atomic mass is 9.83. The van der Waals surface area contributed by atoms with Gasteiger partial charge in [0.15, 0.2) is 0 Å². The summed E-state index contributed by atoms with van der Waals surface area (Å²) in [7, 11) is 0. The van der Waals surface area contributed by atoms with Crippen molar-refractivity contribution >= 4 is 40.7 Å². The maximum atomic E-state index is 12.1. The SMILES string of the molecule is CC1(CNC(=O)Cc2cccc(Cl)c2Cl)C=CC=CC1Cl. The molecule has 2 unspecified atom stereocenters. The van der Waals surface area contributed by atoms with Crippen molar-refractivity contribution < 1.29 is 4.79 Å². The van der Waals surface area contributed by atoms with Crippen LogP contribution in [0.5, 0.6) is 0 Å². The van der Waals surface area contributed by atoms with Crippen LogP contribution in [0, 0.1) is 5.41 Å². The molecule has 21 heavy (non-hydrogen) atoms. The Balaban J connectivity index is 1.95. The van der Waals surface area contributed by atoms with Gasteiger partial charge in [-0.2, -0.15) is 0 Å². The van der Waals surface area contributed by atoms with E-state index < -0.39 is 0 Å². The van der Waals surface area contributed by atoms with Gasteiger partial charge in [0.25, 0.3) is 0 Å². The highest BCUT2D eigenvalue weighted by Gasteiger charge is 2.30. The molecule has 0 bridgehead atoms. The largest absolute Gasteiger partial charge is 0.355 e. The van der Waals surface area contributed by atoms with E-state index in [1.807, 2.05) is 31.2 Å². The third-order valence-corrected chi connectivity index (χ3v) is 5.05. The number of amides is 1. The molecule has 1 aliphatic carbocycles. The minimum absolute atomic E-state index is 0.104. The monoisotopic (exact) mass is 343 g/mol. The number of rotatable bonds is 4. The summed E-state index contributed by atoms with van der Waals surface area (Å²) in [6, 6.07) is 5.27. The first-order chi connectivity index (χ1) is 9.92. The predicted molar refractivity (Wildman–Crippen MR) is 89.2 cm³/mol. The first-order valence-electron chi connectivity index (χ1n) is 6.62. The minimum atomic E-state index is -0.288. The van der Waals surface area contributed by atoms with E-state index in [9.17, 15) is 4.79 Å². The van der Waals surface area contributed by atoms with Gasteiger partial charge in [-0.3, -0.25) is 4.79 Å². The van der Waals surface area contributed by atoms with Crippen LogP contribution in [0.15, 0.2) is 42.5 Å². The molecule has 0 saturated carbocycles. The molecule has 0 radical (unpaired) electrons. The molecule has 1 aromatic carbocycles. The molecule has 112 valence electrons. The molecular formula is C16H16Cl3NO. The lowest BCUT2D eigenvalue weighted by Gasteiger charge is -2.31. The van der Waals surface area contributed by atoms with Crippen LogP contribution >= 0.6 is 34.8 Å². The maximum Gasteiger partial charge on any atom is 0.224 e. The van der Waals surface area contributed by atoms with E-state index in [0.717, 1.165) is 0 Å². The second-order valence-corrected chi connectivity index (χ2v) is 6.57. The lowest BCUT2D eigenvalue weighted by Crippen LogP contribution is -2.40. The van der Waals surface area contributed by atoms with Crippen molar-refractivity contribution in [2.24, 2.45) is 5.41 Å². The molecule has 1 aromatic rings. The fourth-order valence-corrected chi connectivity index (χ4v) is 2.74. The molecule has 0 aliphatic heterocycles. The maximum absolute atomic E-state index is 12.1. The summed E-state index contributed by atoms with van der Waals surface area (Å²) in [5, 5.41) is 3.65. The average molecular weight is 345 g/mol. The average Bonchev–Trinajstić information content (AvgIpc) is 2.45. The Hall–Kier alpha value is -0.960. The van der Waals surface area contributed by atoms with Gasteiger partial charge >= 0.3 is 0 Å². The van der Waals surface area contributed by atoms with Gasteiger partial charge in [0.2, 0.25) is 5.91 Å². The fourth-order valence-electron chi connectivity index (χ4n) is 2.11. The number of hydrogen-bond donors (Lipinski definition) is 1. The molecule has 0 fully saturated rings. The summed E-state index contributed by atoms with van der Waals surface area (Å²) in [6.45, 7) is 2.48. The van der Waals surface area contributed by atoms with Gasteiger partial charge < -0.3 is 5.32 Å². The van der Waals surface area contributed by atoms with Crippen LogP contribution in [0.3, 0.4) is 0 Å². The van der Waals surface area contributed by atoms with E-state index in [-0.39, 0.29) is 23.1 Å². The number of halogens is 3. The summed E-state index contributed by atoms with van der Waals surface area (Å²) in [5.41, 5.74) is 0.428. The normalized spacial score (nSPS) is 24.1. The van der Waals surface area contributed by atoms with Gasteiger partial charge in [0.05, 0.1) is 21.8 Å². The molecule has 0 aromatic heterocycles. The molecule has 0 saturated heterocycles. The van der Waals surface area contributed by atoms with E-state index in [2.05, 4.69) is 5.32 Å². The smallest absolute Gasteiger partial charge is 0.224 e. The molecule has 0 spiro atoms. The van der Waals surface area contributed by atoms with Gasteiger partial charge in [-0.25, -0.2) is 0 Å². The van der Waals surface area contributed by atoms with Crippen LogP contribution in [0.1, 0.15) is 12.5 Å². The van der Waals surface area contributed by atoms with E-state index in [0.29, 0.717) is 22.2 Å². The van der Waals surface area contributed by atoms with Crippen molar-refractivity contribution in [3.63, 3.8) is 0 Å². The standard InChI is InChI=1S/C16H16Cl3NO/c1-16(8-3-2-7-13(16)18)10-20-14(21)9-11-5-4-6-12(17)15(11)19/h2-8,13H,9-10H2,1H3,(H,20,21). The molecule has 2 nitrogen and oxygen atoms in total. The summed E-state index contributed by atoms with van der Waals surface area (Å²) in [6.07, 6.45) is 7.98. The number of nitrogens with one attached hydrogen (secondary N) is 1. The third kappa shape index (κ3) is 4.03. The van der Waals surface area contributed by atoms with Gasteiger partial charge in [-0.1, -0.05) is 66.6 Å². The molecule has 2 rings (SSSR count). The Morgan fingerprint density at radius 3 is 2.81 bits per heavy atom. The Kier molecular flexibility index (Phi) is 5.37. The molecule has 1 amide bonds. The topological polar surface area (TPSA) is 29.1 Å². The van der Waals surface area contributed by atoms with Crippen molar-refractivity contribution in [1.29, 1.82) is 0 Å². The second kappa shape index (κ2) is 6.87. The Bertz CT molecular complexity index is 597. The summed E-state index contributed by atoms with van der Waals surface area (Å²) >= 11 is 18.3. The Morgan fingerprint density at radius 2 is 2.10 bits per heavy atom. The van der Waals surface area contributed by atoms with E-state index in [1.54, 1.807) is 18.2 Å². The van der Waals surface area contributed by atoms with Gasteiger partial charge in [-0.05, 0) is 11.6 Å². The zero-order valence-corrected chi connectivity index (χ0v) is 13.8. The van der Waals surface area contributed by atoms with Crippen molar-refractivity contribution in [2.45, 2.75) is 18.7 Å². The number of hydrogen-bond acceptors (Lipinski definition) is 1. The van der Waals surface area contributed by atoms with Crippen LogP contribution in [-0.4, -0.2) is 17.8 Å². The van der Waals surface area contributed by atoms with Crippen molar-refractivity contribution in [2.75, 3.05) is 6.54 Å². The first kappa shape index (κ1) is 16.4. The molecule has 5 heteroatoms. The highest BCUT2D eigenvalue weighted by atomic mass is 35.5. The highest BCUT2D eigenvalue weighted by molar-refractivity contribution is 6.42. The minimum Gasteiger partial charge on any atom is -0.355 e. The van der Waals surface area contributed by atoms with E-state index in [4.69, 9.17) is 34.8 Å². The van der Waals surface area contributed by atoms with E-state index in [1.165, 1.54) is 0 Å². The number of carbonyl (C=O) groups excluding carboxylic acids is 1. The van der Waals surface area contributed by atoms with Crippen LogP contribution in [0.4, 0.5) is 0 Å². The zero-order chi connectivity index (χ0) is 15.5. The van der Waals surface area contributed by atoms with Crippen LogP contribution in [-0.2, 0) is 11.2 Å². The third-order valence-electron chi connectivity index (χ3n) is 3.55. The number of benzene rings is 1. The zero-order valence-electron chi connectivity index (χ0n) is 11.6. The van der Waals surface area contributed by atoms with Crippen LogP contribution in [0.2, 0.25) is 10.0 Å². The highest BCUT2D eigenvalue weighted by Crippen LogP contribution is 2.31. The number of allylic oxidation sites excluding steroid dienone is 3. The first-order valence-corrected chi connectivity index (χ1v) is 7.81. The molecular weight excluding hydrogens is 329 g/mol. The molecule has 0 heterocycles. The summed E-state index contributed by atoms with van der Waals surface area (Å²) in [4.78, 5) is 12.1. The molecule has 2 atom stereocenters. The second-order valence-electron chi connectivity index (χ2n) is 5.32. The number of carbonyl (C=O) groups is 1. The van der Waals surface area contributed by atoms with Crippen LogP contribution < -0.4 is 5.32 Å². The summed E-state index contributed by atoms with van der Waals surface area (Å²) in [5.74, 6) is -0.104. The molecule has 1 N–H and O–H groups in total. The fraction of sp³-hybridized carbons (Fsp3) is 0.312. The predicted octanol–water partition coefficient (Wildman–Crippen LogP) is 4.39.